The van der Waals surface area contributed by atoms with Crippen molar-refractivity contribution in [3.05, 3.63) is 18.3 Å². The summed E-state index contributed by atoms with van der Waals surface area (Å²) < 4.78 is 0. The highest BCUT2D eigenvalue weighted by Gasteiger charge is 2.19. The highest BCUT2D eigenvalue weighted by Crippen LogP contribution is 2.22. The molecule has 2 fully saturated rings. The van der Waals surface area contributed by atoms with Crippen molar-refractivity contribution >= 4 is 28.9 Å². The summed E-state index contributed by atoms with van der Waals surface area (Å²) in [6.07, 6.45) is 3.90. The van der Waals surface area contributed by atoms with Crippen LogP contribution in [0.15, 0.2) is 22.7 Å². The molecule has 0 amide bonds. The number of hydrogen-bond donors (Lipinski definition) is 2. The first-order chi connectivity index (χ1) is 12.1. The van der Waals surface area contributed by atoms with Gasteiger partial charge in [0.15, 0.2) is 0 Å². The molecule has 8 heteroatoms. The smallest absolute Gasteiger partial charge is 0.222 e. The van der Waals surface area contributed by atoms with Crippen LogP contribution in [0.5, 0.6) is 0 Å². The van der Waals surface area contributed by atoms with Crippen LogP contribution >= 0.6 is 0 Å². The Morgan fingerprint density at radius 1 is 1.12 bits per heavy atom. The van der Waals surface area contributed by atoms with Crippen LogP contribution in [0.25, 0.3) is 5.70 Å². The fourth-order valence-electron chi connectivity index (χ4n) is 3.15. The molecule has 1 aromatic rings. The van der Waals surface area contributed by atoms with Gasteiger partial charge in [0, 0.05) is 32.2 Å². The van der Waals surface area contributed by atoms with Crippen molar-refractivity contribution in [2.75, 3.05) is 43.9 Å². The maximum Gasteiger partial charge on any atom is 0.222 e. The molecule has 0 unspecified atom stereocenters. The van der Waals surface area contributed by atoms with Crippen LogP contribution < -0.4 is 16.5 Å². The number of aromatic nitrogens is 2. The van der Waals surface area contributed by atoms with Crippen LogP contribution in [0.2, 0.25) is 0 Å². The Kier molecular flexibility index (Phi) is 5.28. The van der Waals surface area contributed by atoms with Crippen molar-refractivity contribution in [2.45, 2.75) is 25.7 Å². The Morgan fingerprint density at radius 3 is 2.48 bits per heavy atom. The van der Waals surface area contributed by atoms with E-state index in [9.17, 15) is 0 Å². The summed E-state index contributed by atoms with van der Waals surface area (Å²) in [6, 6.07) is 1.91. The standard InChI is InChI=1S/C17H26N8/c1-12(20-13-5-3-4-6-14(13)23-19)15-11-16(22-17(18)21-15)25-9-7-24(2)8-10-25/h11H,1,3-10,19H2,2H3,(H2,18,21,22)/b20-13?,23-14-. The Morgan fingerprint density at radius 2 is 1.80 bits per heavy atom. The molecule has 2 heterocycles. The zero-order chi connectivity index (χ0) is 17.8. The Labute approximate surface area is 148 Å². The van der Waals surface area contributed by atoms with E-state index in [1.54, 1.807) is 0 Å². The summed E-state index contributed by atoms with van der Waals surface area (Å²) in [5.41, 5.74) is 8.90. The fourth-order valence-corrected chi connectivity index (χ4v) is 3.15. The maximum atomic E-state index is 5.93. The molecule has 0 atom stereocenters. The van der Waals surface area contributed by atoms with E-state index >= 15 is 0 Å². The Hall–Kier alpha value is -2.48. The van der Waals surface area contributed by atoms with Gasteiger partial charge in [-0.3, -0.25) is 0 Å². The number of nitrogen functional groups attached to an aromatic ring is 1. The largest absolute Gasteiger partial charge is 0.368 e. The van der Waals surface area contributed by atoms with Gasteiger partial charge in [-0.2, -0.15) is 10.1 Å². The van der Waals surface area contributed by atoms with E-state index in [0.717, 1.165) is 69.1 Å². The molecule has 2 aliphatic rings. The molecule has 1 saturated carbocycles. The summed E-state index contributed by atoms with van der Waals surface area (Å²) in [5.74, 6) is 6.55. The lowest BCUT2D eigenvalue weighted by Gasteiger charge is -2.33. The van der Waals surface area contributed by atoms with Crippen molar-refractivity contribution in [3.63, 3.8) is 0 Å². The average Bonchev–Trinajstić information content (AvgIpc) is 2.62. The van der Waals surface area contributed by atoms with Crippen molar-refractivity contribution in [2.24, 2.45) is 15.9 Å². The van der Waals surface area contributed by atoms with Gasteiger partial charge in [-0.15, -0.1) is 0 Å². The molecule has 8 nitrogen and oxygen atoms in total. The van der Waals surface area contributed by atoms with Crippen LogP contribution in [0.4, 0.5) is 11.8 Å². The second-order valence-electron chi connectivity index (χ2n) is 6.55. The second kappa shape index (κ2) is 7.60. The monoisotopic (exact) mass is 342 g/mol. The van der Waals surface area contributed by atoms with Gasteiger partial charge >= 0.3 is 0 Å². The summed E-state index contributed by atoms with van der Waals surface area (Å²) in [5, 5.41) is 3.87. The highest BCUT2D eigenvalue weighted by atomic mass is 15.3. The number of likely N-dealkylation sites (N-methyl/N-ethyl adjacent to an activating group) is 1. The SMILES string of the molecule is C=C(N=C1CCCC/C1=N/N)c1cc(N2CCN(C)CC2)nc(N)n1. The predicted octanol–water partition coefficient (Wildman–Crippen LogP) is 1.11. The number of hydrogen-bond acceptors (Lipinski definition) is 8. The molecule has 25 heavy (non-hydrogen) atoms. The third-order valence-electron chi connectivity index (χ3n) is 4.69. The zero-order valence-electron chi connectivity index (χ0n) is 14.8. The lowest BCUT2D eigenvalue weighted by molar-refractivity contribution is 0.312. The second-order valence-corrected chi connectivity index (χ2v) is 6.55. The molecule has 0 bridgehead atoms. The normalized spacial score (nSPS) is 22.5. The molecule has 1 aromatic heterocycles. The van der Waals surface area contributed by atoms with E-state index in [1.165, 1.54) is 0 Å². The quantitative estimate of drug-likeness (QED) is 0.629. The van der Waals surface area contributed by atoms with Gasteiger partial charge in [0.25, 0.3) is 0 Å². The topological polar surface area (TPSA) is 109 Å². The maximum absolute atomic E-state index is 5.93. The van der Waals surface area contributed by atoms with Gasteiger partial charge in [0.1, 0.15) is 5.82 Å². The molecule has 0 spiro atoms. The van der Waals surface area contributed by atoms with E-state index in [2.05, 4.69) is 43.5 Å². The number of aliphatic imine (C=N–C) groups is 1. The molecule has 0 radical (unpaired) electrons. The molecule has 4 N–H and O–H groups in total. The molecular formula is C17H26N8. The van der Waals surface area contributed by atoms with Gasteiger partial charge in [-0.1, -0.05) is 6.58 Å². The van der Waals surface area contributed by atoms with E-state index in [1.807, 2.05) is 6.07 Å². The number of anilines is 2. The van der Waals surface area contributed by atoms with Crippen LogP contribution in [-0.4, -0.2) is 59.5 Å². The highest BCUT2D eigenvalue weighted by molar-refractivity contribution is 6.43. The molecule has 0 aromatic carbocycles. The van der Waals surface area contributed by atoms with Gasteiger partial charge in [-0.05, 0) is 32.7 Å². The lowest BCUT2D eigenvalue weighted by Crippen LogP contribution is -2.44. The van der Waals surface area contributed by atoms with Crippen molar-refractivity contribution in [3.8, 4) is 0 Å². The molecule has 3 rings (SSSR count). The van der Waals surface area contributed by atoms with Gasteiger partial charge < -0.3 is 21.4 Å². The van der Waals surface area contributed by atoms with Crippen LogP contribution in [0.3, 0.4) is 0 Å². The van der Waals surface area contributed by atoms with Crippen molar-refractivity contribution in [1.82, 2.24) is 14.9 Å². The molecule has 134 valence electrons. The molecule has 1 saturated heterocycles. The molecule has 1 aliphatic heterocycles. The first-order valence-corrected chi connectivity index (χ1v) is 8.69. The third kappa shape index (κ3) is 4.14. The minimum absolute atomic E-state index is 0.240. The summed E-state index contributed by atoms with van der Waals surface area (Å²) in [6.45, 7) is 7.90. The van der Waals surface area contributed by atoms with Gasteiger partial charge in [0.2, 0.25) is 5.95 Å². The Balaban J connectivity index is 1.83. The van der Waals surface area contributed by atoms with Crippen LogP contribution in [0.1, 0.15) is 31.4 Å². The van der Waals surface area contributed by atoms with E-state index in [-0.39, 0.29) is 5.95 Å². The van der Waals surface area contributed by atoms with Gasteiger partial charge in [0.05, 0.1) is 22.8 Å². The fraction of sp³-hybridized carbons (Fsp3) is 0.529. The predicted molar refractivity (Wildman–Crippen MR) is 103 cm³/mol. The number of hydrazone groups is 1. The number of nitrogens with zero attached hydrogens (tertiary/aromatic N) is 6. The molecular weight excluding hydrogens is 316 g/mol. The first-order valence-electron chi connectivity index (χ1n) is 8.69. The van der Waals surface area contributed by atoms with Crippen LogP contribution in [0, 0.1) is 0 Å². The third-order valence-corrected chi connectivity index (χ3v) is 4.69. The summed E-state index contributed by atoms with van der Waals surface area (Å²) in [4.78, 5) is 17.8. The zero-order valence-corrected chi connectivity index (χ0v) is 14.8. The summed E-state index contributed by atoms with van der Waals surface area (Å²) >= 11 is 0. The van der Waals surface area contributed by atoms with E-state index in [0.29, 0.717) is 11.4 Å². The number of nitrogens with two attached hydrogens (primary N) is 2. The van der Waals surface area contributed by atoms with Crippen molar-refractivity contribution < 1.29 is 0 Å². The van der Waals surface area contributed by atoms with Crippen LogP contribution in [-0.2, 0) is 0 Å². The first kappa shape index (κ1) is 17.3. The average molecular weight is 342 g/mol. The van der Waals surface area contributed by atoms with E-state index < -0.39 is 0 Å². The Bertz CT molecular complexity index is 701. The minimum Gasteiger partial charge on any atom is -0.368 e. The van der Waals surface area contributed by atoms with Gasteiger partial charge in [-0.25, -0.2) is 9.98 Å². The van der Waals surface area contributed by atoms with E-state index in [4.69, 9.17) is 11.6 Å². The minimum atomic E-state index is 0.240. The summed E-state index contributed by atoms with van der Waals surface area (Å²) in [7, 11) is 2.12. The number of rotatable bonds is 3. The molecule has 1 aliphatic carbocycles. The number of piperazine rings is 1. The lowest BCUT2D eigenvalue weighted by atomic mass is 9.96. The van der Waals surface area contributed by atoms with Crippen molar-refractivity contribution in [1.29, 1.82) is 0 Å².